The number of alkyl halides is 3. The van der Waals surface area contributed by atoms with Gasteiger partial charge in [-0.25, -0.2) is 8.42 Å². The minimum Gasteiger partial charge on any atom is -0.406 e. The summed E-state index contributed by atoms with van der Waals surface area (Å²) in [6.07, 6.45) is -4.86. The SMILES string of the molecule is O=S(=O)(Nc1ccc(Cl)cc1CO)c1ccc(OC(F)(F)F)cc1. The lowest BCUT2D eigenvalue weighted by molar-refractivity contribution is -0.274. The monoisotopic (exact) mass is 381 g/mol. The summed E-state index contributed by atoms with van der Waals surface area (Å²) in [5.74, 6) is -0.538. The summed E-state index contributed by atoms with van der Waals surface area (Å²) >= 11 is 5.76. The summed E-state index contributed by atoms with van der Waals surface area (Å²) in [5, 5.41) is 9.55. The van der Waals surface area contributed by atoms with E-state index in [1.165, 1.54) is 18.2 Å². The van der Waals surface area contributed by atoms with Gasteiger partial charge in [0.25, 0.3) is 10.0 Å². The van der Waals surface area contributed by atoms with Gasteiger partial charge in [-0.3, -0.25) is 4.72 Å². The van der Waals surface area contributed by atoms with Gasteiger partial charge < -0.3 is 9.84 Å². The van der Waals surface area contributed by atoms with E-state index in [9.17, 15) is 26.7 Å². The molecule has 0 aliphatic carbocycles. The van der Waals surface area contributed by atoms with Crippen molar-refractivity contribution in [1.82, 2.24) is 0 Å². The molecule has 24 heavy (non-hydrogen) atoms. The van der Waals surface area contributed by atoms with Crippen LogP contribution in [-0.2, 0) is 16.6 Å². The van der Waals surface area contributed by atoms with Crippen LogP contribution in [0.15, 0.2) is 47.4 Å². The highest BCUT2D eigenvalue weighted by atomic mass is 35.5. The summed E-state index contributed by atoms with van der Waals surface area (Å²) in [5.41, 5.74) is 0.362. The summed E-state index contributed by atoms with van der Waals surface area (Å²) in [4.78, 5) is -0.268. The van der Waals surface area contributed by atoms with Crippen LogP contribution >= 0.6 is 11.6 Å². The predicted octanol–water partition coefficient (Wildman–Crippen LogP) is 3.53. The van der Waals surface area contributed by atoms with Gasteiger partial charge in [0.1, 0.15) is 5.75 Å². The molecule has 2 aromatic carbocycles. The lowest BCUT2D eigenvalue weighted by Crippen LogP contribution is -2.17. The van der Waals surface area contributed by atoms with Crippen LogP contribution in [0.3, 0.4) is 0 Å². The zero-order valence-corrected chi connectivity index (χ0v) is 13.4. The van der Waals surface area contributed by atoms with E-state index in [1.54, 1.807) is 0 Å². The number of halogens is 4. The summed E-state index contributed by atoms with van der Waals surface area (Å²) < 4.78 is 66.7. The van der Waals surface area contributed by atoms with Gasteiger partial charge in [0.15, 0.2) is 0 Å². The van der Waals surface area contributed by atoms with Gasteiger partial charge in [-0.05, 0) is 42.5 Å². The van der Waals surface area contributed by atoms with E-state index in [2.05, 4.69) is 9.46 Å². The molecule has 0 atom stereocenters. The number of aliphatic hydroxyl groups excluding tert-OH is 1. The Hall–Kier alpha value is -1.97. The second-order valence-corrected chi connectivity index (χ2v) is 6.70. The Morgan fingerprint density at radius 3 is 2.29 bits per heavy atom. The fourth-order valence-corrected chi connectivity index (χ4v) is 3.11. The molecule has 0 radical (unpaired) electrons. The van der Waals surface area contributed by atoms with Crippen LogP contribution in [0.25, 0.3) is 0 Å². The molecule has 130 valence electrons. The fourth-order valence-electron chi connectivity index (χ4n) is 1.82. The number of ether oxygens (including phenoxy) is 1. The summed E-state index contributed by atoms with van der Waals surface area (Å²) in [7, 11) is -4.06. The van der Waals surface area contributed by atoms with Crippen LogP contribution in [0.5, 0.6) is 5.75 Å². The number of benzene rings is 2. The zero-order chi connectivity index (χ0) is 18.0. The average Bonchev–Trinajstić information content (AvgIpc) is 2.47. The van der Waals surface area contributed by atoms with Crippen LogP contribution in [0.1, 0.15) is 5.56 Å². The second kappa shape index (κ2) is 6.88. The van der Waals surface area contributed by atoms with Gasteiger partial charge >= 0.3 is 6.36 Å². The van der Waals surface area contributed by atoms with Gasteiger partial charge in [-0.15, -0.1) is 13.2 Å². The summed E-state index contributed by atoms with van der Waals surface area (Å²) in [6.45, 7) is -0.448. The van der Waals surface area contributed by atoms with E-state index < -0.39 is 28.7 Å². The Morgan fingerprint density at radius 2 is 1.75 bits per heavy atom. The molecule has 0 fully saturated rings. The van der Waals surface area contributed by atoms with Crippen molar-refractivity contribution in [2.75, 3.05) is 4.72 Å². The predicted molar refractivity (Wildman–Crippen MR) is 81.3 cm³/mol. The van der Waals surface area contributed by atoms with Gasteiger partial charge in [-0.2, -0.15) is 0 Å². The van der Waals surface area contributed by atoms with Crippen molar-refractivity contribution in [2.24, 2.45) is 0 Å². The van der Waals surface area contributed by atoms with E-state index in [-0.39, 0.29) is 16.1 Å². The number of aliphatic hydroxyl groups is 1. The first-order chi connectivity index (χ1) is 11.1. The van der Waals surface area contributed by atoms with Crippen LogP contribution in [0.2, 0.25) is 5.02 Å². The number of hydrogen-bond donors (Lipinski definition) is 2. The number of nitrogens with one attached hydrogen (secondary N) is 1. The topological polar surface area (TPSA) is 75.6 Å². The smallest absolute Gasteiger partial charge is 0.406 e. The van der Waals surface area contributed by atoms with Crippen molar-refractivity contribution in [3.8, 4) is 5.75 Å². The Labute approximate surface area is 140 Å². The van der Waals surface area contributed by atoms with Gasteiger partial charge in [-0.1, -0.05) is 11.6 Å². The van der Waals surface area contributed by atoms with Crippen LogP contribution < -0.4 is 9.46 Å². The quantitative estimate of drug-likeness (QED) is 0.830. The minimum absolute atomic E-state index is 0.109. The molecule has 0 aliphatic heterocycles. The van der Waals surface area contributed by atoms with Crippen LogP contribution in [-0.4, -0.2) is 19.9 Å². The normalized spacial score (nSPS) is 12.0. The van der Waals surface area contributed by atoms with Crippen LogP contribution in [0, 0.1) is 0 Å². The van der Waals surface area contributed by atoms with E-state index in [0.29, 0.717) is 5.02 Å². The maximum Gasteiger partial charge on any atom is 0.573 e. The Bertz CT molecular complexity index is 823. The third-order valence-electron chi connectivity index (χ3n) is 2.85. The summed E-state index contributed by atoms with van der Waals surface area (Å²) in [6, 6.07) is 7.90. The molecule has 0 saturated heterocycles. The van der Waals surface area contributed by atoms with E-state index >= 15 is 0 Å². The molecule has 5 nitrogen and oxygen atoms in total. The van der Waals surface area contributed by atoms with E-state index in [4.69, 9.17) is 11.6 Å². The Morgan fingerprint density at radius 1 is 1.12 bits per heavy atom. The maximum absolute atomic E-state index is 12.3. The lowest BCUT2D eigenvalue weighted by atomic mass is 10.2. The second-order valence-electron chi connectivity index (χ2n) is 4.58. The molecular formula is C14H11ClF3NO4S. The molecule has 0 saturated carbocycles. The van der Waals surface area contributed by atoms with Crippen molar-refractivity contribution < 1.29 is 31.4 Å². The van der Waals surface area contributed by atoms with E-state index in [1.807, 2.05) is 0 Å². The Kier molecular flexibility index (Phi) is 5.26. The largest absolute Gasteiger partial charge is 0.573 e. The third kappa shape index (κ3) is 4.76. The molecule has 0 bridgehead atoms. The molecule has 2 rings (SSSR count). The molecule has 10 heteroatoms. The molecule has 2 N–H and O–H groups in total. The van der Waals surface area contributed by atoms with Crippen molar-refractivity contribution >= 4 is 27.3 Å². The van der Waals surface area contributed by atoms with Crippen molar-refractivity contribution in [3.63, 3.8) is 0 Å². The van der Waals surface area contributed by atoms with Crippen molar-refractivity contribution in [3.05, 3.63) is 53.1 Å². The maximum atomic E-state index is 12.3. The van der Waals surface area contributed by atoms with Gasteiger partial charge in [0.05, 0.1) is 17.2 Å². The number of hydrogen-bond acceptors (Lipinski definition) is 4. The molecular weight excluding hydrogens is 371 g/mol. The zero-order valence-electron chi connectivity index (χ0n) is 11.8. The molecule has 0 amide bonds. The number of anilines is 1. The molecule has 0 aliphatic rings. The van der Waals surface area contributed by atoms with Gasteiger partial charge in [0, 0.05) is 10.6 Å². The molecule has 0 heterocycles. The lowest BCUT2D eigenvalue weighted by Gasteiger charge is -2.13. The average molecular weight is 382 g/mol. The number of sulfonamides is 1. The standard InChI is InChI=1S/C14H11ClF3NO4S/c15-10-1-6-13(9(7-10)8-20)19-24(21,22)12-4-2-11(3-5-12)23-14(16,17)18/h1-7,19-20H,8H2. The highest BCUT2D eigenvalue weighted by Gasteiger charge is 2.31. The Balaban J connectivity index is 2.25. The minimum atomic E-state index is -4.86. The van der Waals surface area contributed by atoms with Gasteiger partial charge in [0.2, 0.25) is 0 Å². The van der Waals surface area contributed by atoms with Crippen LogP contribution in [0.4, 0.5) is 18.9 Å². The highest BCUT2D eigenvalue weighted by molar-refractivity contribution is 7.92. The molecule has 0 spiro atoms. The molecule has 0 unspecified atom stereocenters. The first-order valence-electron chi connectivity index (χ1n) is 6.38. The fraction of sp³-hybridized carbons (Fsp3) is 0.143. The van der Waals surface area contributed by atoms with E-state index in [0.717, 1.165) is 24.3 Å². The highest BCUT2D eigenvalue weighted by Crippen LogP contribution is 2.26. The van der Waals surface area contributed by atoms with Crippen molar-refractivity contribution in [1.29, 1.82) is 0 Å². The molecule has 2 aromatic rings. The number of rotatable bonds is 5. The first kappa shape index (κ1) is 18.4. The molecule has 0 aromatic heterocycles. The third-order valence-corrected chi connectivity index (χ3v) is 4.47. The first-order valence-corrected chi connectivity index (χ1v) is 8.25. The van der Waals surface area contributed by atoms with Crippen molar-refractivity contribution in [2.45, 2.75) is 17.9 Å².